The van der Waals surface area contributed by atoms with Crippen molar-refractivity contribution >= 4 is 29.0 Å². The third kappa shape index (κ3) is 6.30. The van der Waals surface area contributed by atoms with Crippen molar-refractivity contribution in [3.63, 3.8) is 0 Å². The highest BCUT2D eigenvalue weighted by molar-refractivity contribution is 5.76. The Balaban J connectivity index is 0.000000311. The number of non-ortho nitro benzene ring substituents is 1. The molecule has 1 N–H and O–H groups in total. The van der Waals surface area contributed by atoms with Crippen molar-refractivity contribution in [3.8, 4) is 5.75 Å². The fraction of sp³-hybridized carbons (Fsp3) is 0.500. The molecule has 0 aliphatic carbocycles. The van der Waals surface area contributed by atoms with E-state index in [1.165, 1.54) is 14.2 Å². The quantitative estimate of drug-likeness (QED) is 0.374. The zero-order valence-electron chi connectivity index (χ0n) is 16.7. The monoisotopic (exact) mass is 444 g/mol. The van der Waals surface area contributed by atoms with Crippen LogP contribution in [0.25, 0.3) is 0 Å². The van der Waals surface area contributed by atoms with Gasteiger partial charge in [0, 0.05) is 6.04 Å². The van der Waals surface area contributed by atoms with Crippen LogP contribution in [0.1, 0.15) is 19.3 Å². The second-order valence-corrected chi connectivity index (χ2v) is 6.32. The van der Waals surface area contributed by atoms with E-state index >= 15 is 0 Å². The maximum atomic E-state index is 11.3. The number of aromatic hydroxyl groups is 1. The molecule has 31 heavy (non-hydrogen) atoms. The molecule has 15 heteroatoms. The first-order chi connectivity index (χ1) is 14.4. The number of benzene rings is 1. The second-order valence-electron chi connectivity index (χ2n) is 6.32. The van der Waals surface area contributed by atoms with Gasteiger partial charge < -0.3 is 14.6 Å². The van der Waals surface area contributed by atoms with E-state index in [2.05, 4.69) is 9.47 Å². The largest absolute Gasteiger partial charge is 0.497 e. The fourth-order valence-corrected chi connectivity index (χ4v) is 2.93. The summed E-state index contributed by atoms with van der Waals surface area (Å²) in [5.41, 5.74) is -3.00. The Hall–Kier alpha value is -3.88. The van der Waals surface area contributed by atoms with Crippen LogP contribution >= 0.6 is 0 Å². The molecule has 0 bridgehead atoms. The molecule has 1 saturated heterocycles. The van der Waals surface area contributed by atoms with Gasteiger partial charge in [-0.2, -0.15) is 0 Å². The van der Waals surface area contributed by atoms with Gasteiger partial charge in [0.25, 0.3) is 11.4 Å². The van der Waals surface area contributed by atoms with Crippen LogP contribution in [-0.2, 0) is 19.1 Å². The molecule has 1 aliphatic rings. The molecule has 0 saturated carbocycles. The molecule has 1 heterocycles. The van der Waals surface area contributed by atoms with Crippen molar-refractivity contribution < 1.29 is 38.9 Å². The molecule has 2 unspecified atom stereocenters. The third-order valence-corrected chi connectivity index (χ3v) is 4.60. The first kappa shape index (κ1) is 25.2. The van der Waals surface area contributed by atoms with Gasteiger partial charge in [-0.25, -0.2) is 0 Å². The Morgan fingerprint density at radius 2 is 1.55 bits per heavy atom. The van der Waals surface area contributed by atoms with Gasteiger partial charge in [0.05, 0.1) is 47.5 Å². The summed E-state index contributed by atoms with van der Waals surface area (Å²) in [6.45, 7) is 0. The predicted molar refractivity (Wildman–Crippen MR) is 101 cm³/mol. The molecular formula is C16H20N4O11. The van der Waals surface area contributed by atoms with Crippen LogP contribution in [0.4, 0.5) is 17.1 Å². The number of esters is 2. The number of nitrogens with zero attached hydrogens (tertiary/aromatic N) is 4. The average molecular weight is 444 g/mol. The van der Waals surface area contributed by atoms with Gasteiger partial charge >= 0.3 is 23.3 Å². The Kier molecular flexibility index (Phi) is 8.74. The lowest BCUT2D eigenvalue weighted by Crippen LogP contribution is -2.39. The van der Waals surface area contributed by atoms with Crippen molar-refractivity contribution in [1.82, 2.24) is 4.90 Å². The molecule has 1 aromatic rings. The SMILES string of the molecule is COC(=O)CC1CCC(C(=O)OC)N1C.O=[N+]([O-])c1cc([N+](=O)[O-])c(O)c([N+](=O)[O-])c1. The summed E-state index contributed by atoms with van der Waals surface area (Å²) in [6.07, 6.45) is 1.90. The Morgan fingerprint density at radius 1 is 1.03 bits per heavy atom. The summed E-state index contributed by atoms with van der Waals surface area (Å²) in [7, 11) is 4.58. The van der Waals surface area contributed by atoms with E-state index in [4.69, 9.17) is 5.11 Å². The zero-order valence-corrected chi connectivity index (χ0v) is 16.7. The minimum atomic E-state index is -1.21. The molecular weight excluding hydrogens is 424 g/mol. The molecule has 0 amide bonds. The lowest BCUT2D eigenvalue weighted by molar-refractivity contribution is -0.404. The number of hydrogen-bond acceptors (Lipinski definition) is 12. The molecule has 1 aliphatic heterocycles. The number of likely N-dealkylation sites (N-methyl/N-ethyl adjacent to an activating group) is 1. The van der Waals surface area contributed by atoms with Crippen LogP contribution in [0.3, 0.4) is 0 Å². The van der Waals surface area contributed by atoms with Gasteiger partial charge in [0.1, 0.15) is 6.04 Å². The van der Waals surface area contributed by atoms with Gasteiger partial charge in [-0.15, -0.1) is 0 Å². The molecule has 15 nitrogen and oxygen atoms in total. The summed E-state index contributed by atoms with van der Waals surface area (Å²) in [5.74, 6) is -1.68. The number of phenolic OH excluding ortho intramolecular Hbond substituents is 1. The van der Waals surface area contributed by atoms with E-state index in [0.717, 1.165) is 12.8 Å². The standard InChI is InChI=1S/C10H17NO4.C6H3N3O7/c1-11-7(6-9(12)14-2)4-5-8(11)10(13)15-3;10-6-4(8(13)14)1-3(7(11)12)2-5(6)9(15)16/h7-8H,4-6H2,1-3H3;1-2,10H. The number of rotatable bonds is 6. The van der Waals surface area contributed by atoms with Crippen LogP contribution in [-0.4, -0.2) is 70.1 Å². The number of phenols is 1. The topological polar surface area (TPSA) is 205 Å². The van der Waals surface area contributed by atoms with E-state index in [-0.39, 0.29) is 24.0 Å². The number of methoxy groups -OCH3 is 2. The van der Waals surface area contributed by atoms with Crippen molar-refractivity contribution in [2.75, 3.05) is 21.3 Å². The highest BCUT2D eigenvalue weighted by Crippen LogP contribution is 2.38. The zero-order chi connectivity index (χ0) is 23.9. The summed E-state index contributed by atoms with van der Waals surface area (Å²) in [4.78, 5) is 52.1. The van der Waals surface area contributed by atoms with Crippen LogP contribution in [0.5, 0.6) is 5.75 Å². The van der Waals surface area contributed by atoms with Gasteiger partial charge in [-0.05, 0) is 19.9 Å². The molecule has 1 fully saturated rings. The second kappa shape index (κ2) is 10.8. The predicted octanol–water partition coefficient (Wildman–Crippen LogP) is 1.30. The highest BCUT2D eigenvalue weighted by atomic mass is 16.6. The summed E-state index contributed by atoms with van der Waals surface area (Å²) in [5, 5.41) is 40.2. The fourth-order valence-electron chi connectivity index (χ4n) is 2.93. The van der Waals surface area contributed by atoms with Crippen molar-refractivity contribution in [1.29, 1.82) is 0 Å². The smallest absolute Gasteiger partial charge is 0.324 e. The van der Waals surface area contributed by atoms with Gasteiger partial charge in [-0.1, -0.05) is 0 Å². The number of nitro groups is 3. The number of likely N-dealkylation sites (tertiary alicyclic amines) is 1. The Labute approximate surface area is 174 Å². The van der Waals surface area contributed by atoms with Crippen LogP contribution < -0.4 is 0 Å². The highest BCUT2D eigenvalue weighted by Gasteiger charge is 2.36. The van der Waals surface area contributed by atoms with Crippen molar-refractivity contribution in [3.05, 3.63) is 42.5 Å². The minimum Gasteiger partial charge on any atom is -0.497 e. The van der Waals surface area contributed by atoms with E-state index in [0.29, 0.717) is 18.6 Å². The number of carbonyl (C=O) groups is 2. The average Bonchev–Trinajstić information content (AvgIpc) is 3.07. The number of carbonyl (C=O) groups excluding carboxylic acids is 2. The van der Waals surface area contributed by atoms with Crippen LogP contribution in [0.2, 0.25) is 0 Å². The molecule has 1 aromatic carbocycles. The van der Waals surface area contributed by atoms with Crippen LogP contribution in [0.15, 0.2) is 12.1 Å². The summed E-state index contributed by atoms with van der Waals surface area (Å²) < 4.78 is 9.29. The molecule has 2 atom stereocenters. The van der Waals surface area contributed by atoms with E-state index < -0.39 is 37.6 Å². The first-order valence-electron chi connectivity index (χ1n) is 8.61. The molecule has 0 aromatic heterocycles. The summed E-state index contributed by atoms with van der Waals surface area (Å²) >= 11 is 0. The third-order valence-electron chi connectivity index (χ3n) is 4.60. The minimum absolute atomic E-state index is 0.0848. The molecule has 170 valence electrons. The molecule has 2 rings (SSSR count). The van der Waals surface area contributed by atoms with Gasteiger partial charge in [0.15, 0.2) is 0 Å². The maximum absolute atomic E-state index is 11.3. The van der Waals surface area contributed by atoms with E-state index in [9.17, 15) is 39.9 Å². The Bertz CT molecular complexity index is 853. The van der Waals surface area contributed by atoms with Gasteiger partial charge in [0.2, 0.25) is 0 Å². The maximum Gasteiger partial charge on any atom is 0.324 e. The van der Waals surface area contributed by atoms with Crippen molar-refractivity contribution in [2.24, 2.45) is 0 Å². The molecule has 0 spiro atoms. The number of ether oxygens (including phenoxy) is 2. The normalized spacial score (nSPS) is 17.8. The van der Waals surface area contributed by atoms with E-state index in [1.54, 1.807) is 0 Å². The first-order valence-corrected chi connectivity index (χ1v) is 8.61. The number of hydrogen-bond donors (Lipinski definition) is 1. The summed E-state index contributed by atoms with van der Waals surface area (Å²) in [6, 6.07) is 0.760. The Morgan fingerprint density at radius 3 is 1.94 bits per heavy atom. The van der Waals surface area contributed by atoms with Crippen LogP contribution in [0, 0.1) is 30.3 Å². The van der Waals surface area contributed by atoms with Crippen molar-refractivity contribution in [2.45, 2.75) is 31.3 Å². The van der Waals surface area contributed by atoms with Gasteiger partial charge in [-0.3, -0.25) is 44.8 Å². The molecule has 0 radical (unpaired) electrons. The lowest BCUT2D eigenvalue weighted by Gasteiger charge is -2.23. The lowest BCUT2D eigenvalue weighted by atomic mass is 10.1. The number of nitro benzene ring substituents is 3. The van der Waals surface area contributed by atoms with E-state index in [1.807, 2.05) is 11.9 Å².